The van der Waals surface area contributed by atoms with Gasteiger partial charge in [0, 0.05) is 11.8 Å². The molecule has 1 unspecified atom stereocenters. The number of ether oxygens (including phenoxy) is 1. The fraction of sp³-hybridized carbons (Fsp3) is 0.667. The minimum Gasteiger partial charge on any atom is -0.492 e. The quantitative estimate of drug-likeness (QED) is 0.890. The van der Waals surface area contributed by atoms with Crippen LogP contribution < -0.4 is 4.74 Å². The van der Waals surface area contributed by atoms with E-state index in [2.05, 4.69) is 25.8 Å². The van der Waals surface area contributed by atoms with Crippen molar-refractivity contribution in [2.24, 2.45) is 5.41 Å². The number of pyridine rings is 1. The molecule has 3 heteroatoms. The first-order valence-electron chi connectivity index (χ1n) is 6.80. The van der Waals surface area contributed by atoms with Gasteiger partial charge in [0.1, 0.15) is 5.75 Å². The lowest BCUT2D eigenvalue weighted by Gasteiger charge is -2.37. The van der Waals surface area contributed by atoms with Crippen LogP contribution in [-0.2, 0) is 5.60 Å². The molecule has 18 heavy (non-hydrogen) atoms. The summed E-state index contributed by atoms with van der Waals surface area (Å²) in [6.07, 6.45) is 7.36. The van der Waals surface area contributed by atoms with Crippen molar-refractivity contribution in [2.45, 2.75) is 52.1 Å². The minimum absolute atomic E-state index is 0.0991. The van der Waals surface area contributed by atoms with Crippen molar-refractivity contribution >= 4 is 0 Å². The maximum atomic E-state index is 10.9. The average molecular weight is 249 g/mol. The molecule has 0 bridgehead atoms. The van der Waals surface area contributed by atoms with E-state index in [9.17, 15) is 5.11 Å². The Morgan fingerprint density at radius 2 is 2.11 bits per heavy atom. The molecule has 1 aromatic rings. The molecule has 1 N–H and O–H groups in total. The van der Waals surface area contributed by atoms with Crippen LogP contribution in [0.3, 0.4) is 0 Å². The van der Waals surface area contributed by atoms with Gasteiger partial charge in [-0.25, -0.2) is 0 Å². The third-order valence-corrected chi connectivity index (χ3v) is 4.12. The van der Waals surface area contributed by atoms with Crippen molar-refractivity contribution in [1.82, 2.24) is 4.98 Å². The molecule has 1 atom stereocenters. The minimum atomic E-state index is -0.772. The first-order chi connectivity index (χ1) is 8.49. The Kier molecular flexibility index (Phi) is 3.62. The molecule has 1 aliphatic carbocycles. The molecule has 1 fully saturated rings. The molecule has 0 aliphatic heterocycles. The second-order valence-electron chi connectivity index (χ2n) is 5.86. The van der Waals surface area contributed by atoms with E-state index in [0.717, 1.165) is 37.0 Å². The summed E-state index contributed by atoms with van der Waals surface area (Å²) in [5.41, 5.74) is 0.0162. The molecule has 1 heterocycles. The standard InChI is InChI=1S/C15H23NO2/c1-4-8-18-13-9-12(10-16-11-13)15(17)7-5-6-14(15,2)3/h9-11,17H,4-8H2,1-3H3. The Morgan fingerprint density at radius 1 is 1.33 bits per heavy atom. The highest BCUT2D eigenvalue weighted by Crippen LogP contribution is 2.52. The highest BCUT2D eigenvalue weighted by atomic mass is 16.5. The van der Waals surface area contributed by atoms with Gasteiger partial charge in [0.15, 0.2) is 0 Å². The van der Waals surface area contributed by atoms with Crippen LogP contribution >= 0.6 is 0 Å². The van der Waals surface area contributed by atoms with E-state index in [-0.39, 0.29) is 5.41 Å². The summed E-state index contributed by atoms with van der Waals surface area (Å²) in [6, 6.07) is 1.94. The average Bonchev–Trinajstić information content (AvgIpc) is 2.63. The van der Waals surface area contributed by atoms with Crippen LogP contribution in [-0.4, -0.2) is 16.7 Å². The monoisotopic (exact) mass is 249 g/mol. The normalized spacial score (nSPS) is 26.2. The lowest BCUT2D eigenvalue weighted by Crippen LogP contribution is -2.37. The fourth-order valence-electron chi connectivity index (χ4n) is 2.81. The summed E-state index contributed by atoms with van der Waals surface area (Å²) in [5.74, 6) is 0.755. The van der Waals surface area contributed by atoms with E-state index in [1.54, 1.807) is 12.4 Å². The van der Waals surface area contributed by atoms with Gasteiger partial charge in [-0.1, -0.05) is 20.8 Å². The van der Waals surface area contributed by atoms with E-state index in [0.29, 0.717) is 6.61 Å². The van der Waals surface area contributed by atoms with E-state index in [1.165, 1.54) is 0 Å². The smallest absolute Gasteiger partial charge is 0.137 e. The fourth-order valence-corrected chi connectivity index (χ4v) is 2.81. The number of aromatic nitrogens is 1. The number of rotatable bonds is 4. The Balaban J connectivity index is 2.27. The number of aliphatic hydroxyl groups is 1. The van der Waals surface area contributed by atoms with Crippen LogP contribution in [0.2, 0.25) is 0 Å². The van der Waals surface area contributed by atoms with Crippen molar-refractivity contribution in [3.8, 4) is 5.75 Å². The Morgan fingerprint density at radius 3 is 2.72 bits per heavy atom. The largest absolute Gasteiger partial charge is 0.492 e. The molecular formula is C15H23NO2. The van der Waals surface area contributed by atoms with Crippen LogP contribution in [0.25, 0.3) is 0 Å². The van der Waals surface area contributed by atoms with Crippen LogP contribution in [0.4, 0.5) is 0 Å². The lowest BCUT2D eigenvalue weighted by atomic mass is 9.74. The Labute approximate surface area is 109 Å². The Bertz CT molecular complexity index is 417. The first kappa shape index (κ1) is 13.3. The second kappa shape index (κ2) is 4.88. The molecule has 0 spiro atoms. The number of nitrogens with zero attached hydrogens (tertiary/aromatic N) is 1. The molecule has 0 amide bonds. The highest BCUT2D eigenvalue weighted by Gasteiger charge is 2.48. The summed E-state index contributed by atoms with van der Waals surface area (Å²) < 4.78 is 5.59. The van der Waals surface area contributed by atoms with Crippen LogP contribution in [0.15, 0.2) is 18.5 Å². The summed E-state index contributed by atoms with van der Waals surface area (Å²) in [4.78, 5) is 4.21. The molecule has 0 aromatic carbocycles. The predicted molar refractivity (Wildman–Crippen MR) is 71.6 cm³/mol. The number of hydrogen-bond acceptors (Lipinski definition) is 3. The maximum Gasteiger partial charge on any atom is 0.137 e. The van der Waals surface area contributed by atoms with Gasteiger partial charge in [-0.05, 0) is 37.2 Å². The van der Waals surface area contributed by atoms with Gasteiger partial charge in [-0.15, -0.1) is 0 Å². The Hall–Kier alpha value is -1.09. The second-order valence-corrected chi connectivity index (χ2v) is 5.86. The molecule has 1 aromatic heterocycles. The van der Waals surface area contributed by atoms with Gasteiger partial charge in [-0.3, -0.25) is 4.98 Å². The van der Waals surface area contributed by atoms with Gasteiger partial charge in [0.2, 0.25) is 0 Å². The zero-order valence-corrected chi connectivity index (χ0v) is 11.6. The third kappa shape index (κ3) is 2.24. The number of hydrogen-bond donors (Lipinski definition) is 1. The zero-order chi connectivity index (χ0) is 13.2. The summed E-state index contributed by atoms with van der Waals surface area (Å²) in [7, 11) is 0. The maximum absolute atomic E-state index is 10.9. The molecule has 0 saturated heterocycles. The van der Waals surface area contributed by atoms with Crippen LogP contribution in [0.5, 0.6) is 5.75 Å². The van der Waals surface area contributed by atoms with Crippen molar-refractivity contribution < 1.29 is 9.84 Å². The summed E-state index contributed by atoms with van der Waals surface area (Å²) >= 11 is 0. The van der Waals surface area contributed by atoms with Gasteiger partial charge >= 0.3 is 0 Å². The van der Waals surface area contributed by atoms with Crippen LogP contribution in [0.1, 0.15) is 52.0 Å². The first-order valence-corrected chi connectivity index (χ1v) is 6.80. The van der Waals surface area contributed by atoms with Gasteiger partial charge in [0.05, 0.1) is 18.4 Å². The molecule has 0 radical (unpaired) electrons. The van der Waals surface area contributed by atoms with E-state index < -0.39 is 5.60 Å². The predicted octanol–water partition coefficient (Wildman–Crippen LogP) is 3.27. The van der Waals surface area contributed by atoms with E-state index in [1.807, 2.05) is 6.07 Å². The summed E-state index contributed by atoms with van der Waals surface area (Å²) in [6.45, 7) is 7.01. The van der Waals surface area contributed by atoms with E-state index in [4.69, 9.17) is 4.74 Å². The topological polar surface area (TPSA) is 42.4 Å². The molecule has 100 valence electrons. The van der Waals surface area contributed by atoms with Gasteiger partial charge in [-0.2, -0.15) is 0 Å². The van der Waals surface area contributed by atoms with E-state index >= 15 is 0 Å². The molecular weight excluding hydrogens is 226 g/mol. The van der Waals surface area contributed by atoms with Gasteiger partial charge < -0.3 is 9.84 Å². The zero-order valence-electron chi connectivity index (χ0n) is 11.6. The summed E-state index contributed by atoms with van der Waals surface area (Å²) in [5, 5.41) is 10.9. The van der Waals surface area contributed by atoms with Crippen molar-refractivity contribution in [3.63, 3.8) is 0 Å². The molecule has 1 saturated carbocycles. The van der Waals surface area contributed by atoms with Crippen molar-refractivity contribution in [1.29, 1.82) is 0 Å². The molecule has 3 nitrogen and oxygen atoms in total. The van der Waals surface area contributed by atoms with Crippen LogP contribution in [0, 0.1) is 5.41 Å². The van der Waals surface area contributed by atoms with Gasteiger partial charge in [0.25, 0.3) is 0 Å². The highest BCUT2D eigenvalue weighted by molar-refractivity contribution is 5.30. The SMILES string of the molecule is CCCOc1cncc(C2(O)CCCC2(C)C)c1. The lowest BCUT2D eigenvalue weighted by molar-refractivity contribution is -0.0489. The molecule has 2 rings (SSSR count). The molecule has 1 aliphatic rings. The third-order valence-electron chi connectivity index (χ3n) is 4.12. The van der Waals surface area contributed by atoms with Crippen molar-refractivity contribution in [3.05, 3.63) is 24.0 Å². The van der Waals surface area contributed by atoms with Crippen molar-refractivity contribution in [2.75, 3.05) is 6.61 Å².